The molecule has 0 radical (unpaired) electrons. The minimum absolute atomic E-state index is 0.00796. The van der Waals surface area contributed by atoms with E-state index in [1.54, 1.807) is 6.07 Å². The predicted molar refractivity (Wildman–Crippen MR) is 108 cm³/mol. The second-order valence-electron chi connectivity index (χ2n) is 8.25. The SMILES string of the molecule is O=C(OCc1cc(=O)oc2ccc3ccccc3c12)C1C[C@H]2CCC[C@@H](C1)C2=O. The first-order valence-electron chi connectivity index (χ1n) is 10.2. The summed E-state index contributed by atoms with van der Waals surface area (Å²) in [5, 5.41) is 2.78. The third kappa shape index (κ3) is 3.24. The van der Waals surface area contributed by atoms with Crippen LogP contribution in [0.25, 0.3) is 21.7 Å². The van der Waals surface area contributed by atoms with E-state index < -0.39 is 5.63 Å². The Morgan fingerprint density at radius 2 is 1.79 bits per heavy atom. The summed E-state index contributed by atoms with van der Waals surface area (Å²) in [5.74, 6) is -0.150. The first-order chi connectivity index (χ1) is 14.1. The number of benzene rings is 2. The highest BCUT2D eigenvalue weighted by atomic mass is 16.5. The van der Waals surface area contributed by atoms with Gasteiger partial charge in [0.05, 0.1) is 5.92 Å². The monoisotopic (exact) mass is 390 g/mol. The number of carbonyl (C=O) groups is 2. The number of esters is 1. The van der Waals surface area contributed by atoms with Crippen molar-refractivity contribution in [3.63, 3.8) is 0 Å². The van der Waals surface area contributed by atoms with Crippen LogP contribution in [-0.2, 0) is 20.9 Å². The van der Waals surface area contributed by atoms with Crippen molar-refractivity contribution in [1.82, 2.24) is 0 Å². The van der Waals surface area contributed by atoms with Crippen LogP contribution in [0.3, 0.4) is 0 Å². The molecule has 2 bridgehead atoms. The van der Waals surface area contributed by atoms with Crippen molar-refractivity contribution < 1.29 is 18.7 Å². The fourth-order valence-corrected chi connectivity index (χ4v) is 5.07. The van der Waals surface area contributed by atoms with Crippen LogP contribution in [0.4, 0.5) is 0 Å². The molecule has 2 aliphatic rings. The van der Waals surface area contributed by atoms with E-state index >= 15 is 0 Å². The Balaban J connectivity index is 1.42. The lowest BCUT2D eigenvalue weighted by molar-refractivity contribution is -0.154. The Hall–Kier alpha value is -2.95. The molecule has 29 heavy (non-hydrogen) atoms. The van der Waals surface area contributed by atoms with Gasteiger partial charge in [-0.05, 0) is 42.5 Å². The lowest BCUT2D eigenvalue weighted by Crippen LogP contribution is -2.39. The van der Waals surface area contributed by atoms with Crippen LogP contribution in [0.15, 0.2) is 51.7 Å². The topological polar surface area (TPSA) is 73.6 Å². The molecule has 0 spiro atoms. The van der Waals surface area contributed by atoms with E-state index in [1.807, 2.05) is 30.3 Å². The van der Waals surface area contributed by atoms with Gasteiger partial charge in [-0.1, -0.05) is 36.8 Å². The minimum Gasteiger partial charge on any atom is -0.461 e. The third-order valence-electron chi connectivity index (χ3n) is 6.47. The molecule has 5 rings (SSSR count). The van der Waals surface area contributed by atoms with Crippen LogP contribution in [0, 0.1) is 17.8 Å². The molecule has 1 heterocycles. The van der Waals surface area contributed by atoms with Crippen LogP contribution >= 0.6 is 0 Å². The Kier molecular flexibility index (Phi) is 4.46. The van der Waals surface area contributed by atoms with E-state index in [1.165, 1.54) is 6.07 Å². The van der Waals surface area contributed by atoms with Crippen molar-refractivity contribution in [1.29, 1.82) is 0 Å². The van der Waals surface area contributed by atoms with Gasteiger partial charge >= 0.3 is 11.6 Å². The van der Waals surface area contributed by atoms with Crippen molar-refractivity contribution in [2.75, 3.05) is 0 Å². The van der Waals surface area contributed by atoms with Gasteiger partial charge in [0.15, 0.2) is 0 Å². The Morgan fingerprint density at radius 1 is 1.03 bits per heavy atom. The fourth-order valence-electron chi connectivity index (χ4n) is 5.07. The molecule has 3 aromatic rings. The number of carbonyl (C=O) groups excluding carboxylic acids is 2. The minimum atomic E-state index is -0.461. The predicted octanol–water partition coefficient (Wildman–Crippen LogP) is 4.38. The standard InChI is InChI=1S/C24H22O5/c25-21-12-18(22-19-7-2-1-4-14(19)8-9-20(22)29-21)13-28-24(27)17-10-15-5-3-6-16(11-17)23(15)26/h1-2,4,7-9,12,15-17H,3,5-6,10-11,13H2/t15-,16+,17?. The molecule has 148 valence electrons. The first kappa shape index (κ1) is 18.1. The van der Waals surface area contributed by atoms with Crippen molar-refractivity contribution in [2.24, 2.45) is 17.8 Å². The van der Waals surface area contributed by atoms with E-state index in [2.05, 4.69) is 0 Å². The second kappa shape index (κ2) is 7.14. The number of rotatable bonds is 3. The summed E-state index contributed by atoms with van der Waals surface area (Å²) in [6, 6.07) is 12.9. The molecule has 1 aromatic heterocycles. The Morgan fingerprint density at radius 3 is 2.59 bits per heavy atom. The average molecular weight is 390 g/mol. The molecule has 2 aliphatic carbocycles. The molecule has 5 nitrogen and oxygen atoms in total. The van der Waals surface area contributed by atoms with Crippen LogP contribution < -0.4 is 5.63 Å². The molecule has 0 saturated heterocycles. The quantitative estimate of drug-likeness (QED) is 0.377. The van der Waals surface area contributed by atoms with Gasteiger partial charge in [-0.2, -0.15) is 0 Å². The molecule has 2 fully saturated rings. The number of fused-ring (bicyclic) bond motifs is 5. The summed E-state index contributed by atoms with van der Waals surface area (Å²) in [5.41, 5.74) is 0.671. The number of hydrogen-bond donors (Lipinski definition) is 0. The van der Waals surface area contributed by atoms with E-state index in [-0.39, 0.29) is 30.3 Å². The number of hydrogen-bond acceptors (Lipinski definition) is 5. The van der Waals surface area contributed by atoms with Gasteiger partial charge in [0.2, 0.25) is 0 Å². The van der Waals surface area contributed by atoms with Gasteiger partial charge in [0.1, 0.15) is 18.0 Å². The van der Waals surface area contributed by atoms with Crippen LogP contribution in [0.1, 0.15) is 37.7 Å². The number of Topliss-reactive ketones (excluding diaryl/α,β-unsaturated/α-hetero) is 1. The number of ether oxygens (including phenoxy) is 1. The van der Waals surface area contributed by atoms with Crippen LogP contribution in [-0.4, -0.2) is 11.8 Å². The molecule has 2 aromatic carbocycles. The maximum atomic E-state index is 12.8. The van der Waals surface area contributed by atoms with Gasteiger partial charge in [-0.15, -0.1) is 0 Å². The Labute approximate surface area is 167 Å². The molecule has 0 amide bonds. The van der Waals surface area contributed by atoms with Gasteiger partial charge in [-0.3, -0.25) is 9.59 Å². The molecule has 3 atom stereocenters. The normalized spacial score (nSPS) is 24.0. The summed E-state index contributed by atoms with van der Waals surface area (Å²) in [6.07, 6.45) is 4.02. The molecular weight excluding hydrogens is 368 g/mol. The maximum Gasteiger partial charge on any atom is 0.336 e. The van der Waals surface area contributed by atoms with Crippen LogP contribution in [0.2, 0.25) is 0 Å². The highest BCUT2D eigenvalue weighted by Gasteiger charge is 2.41. The van der Waals surface area contributed by atoms with Gasteiger partial charge in [0.25, 0.3) is 0 Å². The zero-order valence-electron chi connectivity index (χ0n) is 16.1. The molecular formula is C24H22O5. The van der Waals surface area contributed by atoms with Crippen LogP contribution in [0.5, 0.6) is 0 Å². The zero-order valence-corrected chi connectivity index (χ0v) is 16.1. The summed E-state index contributed by atoms with van der Waals surface area (Å²) in [6.45, 7) is 0.0225. The van der Waals surface area contributed by atoms with Crippen molar-refractivity contribution in [3.05, 3.63) is 58.4 Å². The first-order valence-corrected chi connectivity index (χ1v) is 10.2. The van der Waals surface area contributed by atoms with E-state index in [0.717, 1.165) is 35.4 Å². The van der Waals surface area contributed by atoms with E-state index in [4.69, 9.17) is 9.15 Å². The van der Waals surface area contributed by atoms with Gasteiger partial charge in [0, 0.05) is 28.9 Å². The lowest BCUT2D eigenvalue weighted by Gasteiger charge is -2.36. The molecule has 1 unspecified atom stereocenters. The fraction of sp³-hybridized carbons (Fsp3) is 0.375. The molecule has 0 aliphatic heterocycles. The summed E-state index contributed by atoms with van der Waals surface area (Å²) in [7, 11) is 0. The smallest absolute Gasteiger partial charge is 0.336 e. The third-order valence-corrected chi connectivity index (χ3v) is 6.47. The number of ketones is 1. The highest BCUT2D eigenvalue weighted by Crippen LogP contribution is 2.40. The summed E-state index contributed by atoms with van der Waals surface area (Å²) < 4.78 is 11.0. The average Bonchev–Trinajstić information content (AvgIpc) is 2.71. The lowest BCUT2D eigenvalue weighted by atomic mass is 9.67. The van der Waals surface area contributed by atoms with E-state index in [0.29, 0.717) is 29.8 Å². The highest BCUT2D eigenvalue weighted by molar-refractivity contribution is 6.07. The van der Waals surface area contributed by atoms with Crippen molar-refractivity contribution in [2.45, 2.75) is 38.7 Å². The maximum absolute atomic E-state index is 12.8. The van der Waals surface area contributed by atoms with Gasteiger partial charge < -0.3 is 9.15 Å². The van der Waals surface area contributed by atoms with Crippen molar-refractivity contribution >= 4 is 33.5 Å². The summed E-state index contributed by atoms with van der Waals surface area (Å²) >= 11 is 0. The van der Waals surface area contributed by atoms with Crippen molar-refractivity contribution in [3.8, 4) is 0 Å². The molecule has 2 saturated carbocycles. The molecule has 0 N–H and O–H groups in total. The Bertz CT molecular complexity index is 1160. The zero-order chi connectivity index (χ0) is 20.0. The largest absolute Gasteiger partial charge is 0.461 e. The van der Waals surface area contributed by atoms with Gasteiger partial charge in [-0.25, -0.2) is 4.79 Å². The molecule has 5 heteroatoms. The van der Waals surface area contributed by atoms with E-state index in [9.17, 15) is 14.4 Å². The summed E-state index contributed by atoms with van der Waals surface area (Å²) in [4.78, 5) is 37.0. The second-order valence-corrected chi connectivity index (χ2v) is 8.25.